The van der Waals surface area contributed by atoms with Gasteiger partial charge in [-0.15, -0.1) is 0 Å². The number of Topliss-reactive ketones (excluding diaryl/α,β-unsaturated/α-hetero) is 2. The second kappa shape index (κ2) is 8.14. The van der Waals surface area contributed by atoms with E-state index in [-0.39, 0.29) is 60.6 Å². The van der Waals surface area contributed by atoms with Crippen LogP contribution in [0.1, 0.15) is 43.2 Å². The molecular formula is C24H23NO5. The van der Waals surface area contributed by atoms with Crippen molar-refractivity contribution in [3.05, 3.63) is 71.0 Å². The van der Waals surface area contributed by atoms with Gasteiger partial charge in [-0.05, 0) is 29.2 Å². The Morgan fingerprint density at radius 1 is 1.07 bits per heavy atom. The van der Waals surface area contributed by atoms with E-state index in [1.807, 2.05) is 42.5 Å². The molecule has 0 bridgehead atoms. The van der Waals surface area contributed by atoms with Gasteiger partial charge in [0.1, 0.15) is 11.5 Å². The number of aliphatic hydroxyl groups is 1. The zero-order valence-corrected chi connectivity index (χ0v) is 16.8. The van der Waals surface area contributed by atoms with Gasteiger partial charge in [0.2, 0.25) is 0 Å². The molecule has 2 aromatic rings. The van der Waals surface area contributed by atoms with Crippen LogP contribution < -0.4 is 9.64 Å². The summed E-state index contributed by atoms with van der Waals surface area (Å²) in [7, 11) is 0. The molecule has 6 heteroatoms. The first kappa shape index (κ1) is 19.9. The average Bonchev–Trinajstić information content (AvgIpc) is 2.75. The number of nitrogens with zero attached hydrogens (tertiary/aromatic N) is 1. The summed E-state index contributed by atoms with van der Waals surface area (Å²) in [5, 5.41) is 9.92. The van der Waals surface area contributed by atoms with Crippen molar-refractivity contribution in [2.24, 2.45) is 0 Å². The zero-order chi connectivity index (χ0) is 21.3. The predicted molar refractivity (Wildman–Crippen MR) is 112 cm³/mol. The first-order chi connectivity index (χ1) is 14.5. The maximum atomic E-state index is 12.6. The maximum absolute atomic E-state index is 12.6. The van der Waals surface area contributed by atoms with Crippen LogP contribution in [0, 0.1) is 0 Å². The van der Waals surface area contributed by atoms with Gasteiger partial charge in [-0.2, -0.15) is 0 Å². The van der Waals surface area contributed by atoms with Crippen molar-refractivity contribution in [3.8, 4) is 5.75 Å². The third-order valence-electron chi connectivity index (χ3n) is 5.63. The molecule has 0 unspecified atom stereocenters. The Balaban J connectivity index is 1.64. The normalized spacial score (nSPS) is 18.8. The molecule has 1 amide bonds. The number of allylic oxidation sites excluding steroid dienone is 2. The largest absolute Gasteiger partial charge is 0.511 e. The zero-order valence-electron chi connectivity index (χ0n) is 16.8. The Kier molecular flexibility index (Phi) is 5.40. The van der Waals surface area contributed by atoms with Gasteiger partial charge in [-0.25, -0.2) is 0 Å². The van der Waals surface area contributed by atoms with Gasteiger partial charge in [0.25, 0.3) is 5.91 Å². The molecule has 0 aromatic heterocycles. The third kappa shape index (κ3) is 3.73. The van der Waals surface area contributed by atoms with Crippen LogP contribution in [0.2, 0.25) is 0 Å². The summed E-state index contributed by atoms with van der Waals surface area (Å²) in [6.07, 6.45) is 0.555. The van der Waals surface area contributed by atoms with Crippen molar-refractivity contribution in [2.45, 2.75) is 38.6 Å². The summed E-state index contributed by atoms with van der Waals surface area (Å²) in [5.74, 6) is -0.630. The highest BCUT2D eigenvalue weighted by molar-refractivity contribution is 6.22. The molecule has 2 aromatic carbocycles. The van der Waals surface area contributed by atoms with Crippen LogP contribution in [-0.4, -0.2) is 29.2 Å². The van der Waals surface area contributed by atoms with E-state index in [9.17, 15) is 19.5 Å². The molecule has 0 radical (unpaired) electrons. The Morgan fingerprint density at radius 2 is 1.77 bits per heavy atom. The number of benzene rings is 2. The predicted octanol–water partition coefficient (Wildman–Crippen LogP) is 3.85. The summed E-state index contributed by atoms with van der Waals surface area (Å²) in [4.78, 5) is 39.3. The first-order valence-electron chi connectivity index (χ1n) is 10.1. The minimum absolute atomic E-state index is 0.0238. The third-order valence-corrected chi connectivity index (χ3v) is 5.63. The maximum Gasteiger partial charge on any atom is 0.265 e. The Hall–Kier alpha value is -3.41. The van der Waals surface area contributed by atoms with Crippen molar-refractivity contribution in [3.63, 3.8) is 0 Å². The number of ether oxygens (including phenoxy) is 1. The van der Waals surface area contributed by atoms with Gasteiger partial charge in [0.05, 0.1) is 17.8 Å². The summed E-state index contributed by atoms with van der Waals surface area (Å²) in [6, 6.07) is 15.2. The lowest BCUT2D eigenvalue weighted by molar-refractivity contribution is -0.125. The fraction of sp³-hybridized carbons (Fsp3) is 0.292. The molecule has 1 aliphatic heterocycles. The second-order valence-electron chi connectivity index (χ2n) is 7.61. The standard InChI is InChI=1S/C24H23NO5/c1-2-19(26)24-20(27)11-17(12-21(24)28)16-8-9-22-18(10-16)25(23(29)14-30-22)13-15-6-4-3-5-7-15/h3-10,17,26H,2,11-14H2,1H3. The Bertz CT molecular complexity index is 1020. The Morgan fingerprint density at radius 3 is 2.43 bits per heavy atom. The molecule has 6 nitrogen and oxygen atoms in total. The molecule has 1 saturated carbocycles. The molecule has 154 valence electrons. The first-order valence-corrected chi connectivity index (χ1v) is 10.1. The van der Waals surface area contributed by atoms with Gasteiger partial charge in [-0.3, -0.25) is 14.4 Å². The minimum Gasteiger partial charge on any atom is -0.511 e. The van der Waals surface area contributed by atoms with Crippen LogP contribution in [0.25, 0.3) is 0 Å². The molecule has 0 atom stereocenters. The number of carbonyl (C=O) groups excluding carboxylic acids is 3. The van der Waals surface area contributed by atoms with Gasteiger partial charge in [-0.1, -0.05) is 43.3 Å². The number of fused-ring (bicyclic) bond motifs is 1. The lowest BCUT2D eigenvalue weighted by atomic mass is 9.79. The van der Waals surface area contributed by atoms with Crippen molar-refractivity contribution in [1.29, 1.82) is 0 Å². The number of ketones is 2. The van der Waals surface area contributed by atoms with E-state index in [1.54, 1.807) is 17.9 Å². The molecule has 1 fully saturated rings. The molecule has 1 heterocycles. The van der Waals surface area contributed by atoms with Crippen LogP contribution >= 0.6 is 0 Å². The smallest absolute Gasteiger partial charge is 0.265 e. The monoisotopic (exact) mass is 405 g/mol. The van der Waals surface area contributed by atoms with Crippen LogP contribution in [0.3, 0.4) is 0 Å². The van der Waals surface area contributed by atoms with Gasteiger partial charge in [0, 0.05) is 19.3 Å². The van der Waals surface area contributed by atoms with Crippen molar-refractivity contribution < 1.29 is 24.2 Å². The van der Waals surface area contributed by atoms with E-state index in [2.05, 4.69) is 0 Å². The second-order valence-corrected chi connectivity index (χ2v) is 7.61. The number of hydrogen-bond donors (Lipinski definition) is 1. The number of amides is 1. The van der Waals surface area contributed by atoms with Crippen molar-refractivity contribution >= 4 is 23.2 Å². The van der Waals surface area contributed by atoms with E-state index in [0.717, 1.165) is 11.1 Å². The molecule has 1 aliphatic carbocycles. The van der Waals surface area contributed by atoms with Crippen molar-refractivity contribution in [1.82, 2.24) is 0 Å². The lowest BCUT2D eigenvalue weighted by Gasteiger charge is -2.31. The Labute approximate surface area is 174 Å². The summed E-state index contributed by atoms with van der Waals surface area (Å²) < 4.78 is 5.59. The molecule has 4 rings (SSSR count). The summed E-state index contributed by atoms with van der Waals surface area (Å²) in [5.41, 5.74) is 2.39. The quantitative estimate of drug-likeness (QED) is 0.475. The molecular weight excluding hydrogens is 382 g/mol. The van der Waals surface area contributed by atoms with Crippen molar-refractivity contribution in [2.75, 3.05) is 11.5 Å². The number of aliphatic hydroxyl groups excluding tert-OH is 1. The van der Waals surface area contributed by atoms with Crippen LogP contribution in [-0.2, 0) is 20.9 Å². The highest BCUT2D eigenvalue weighted by Gasteiger charge is 2.34. The number of hydrogen-bond acceptors (Lipinski definition) is 5. The van der Waals surface area contributed by atoms with Gasteiger partial charge in [0.15, 0.2) is 18.2 Å². The minimum atomic E-state index is -0.332. The number of carbonyl (C=O) groups is 3. The van der Waals surface area contributed by atoms with E-state index < -0.39 is 0 Å². The van der Waals surface area contributed by atoms with E-state index in [4.69, 9.17) is 4.74 Å². The number of anilines is 1. The van der Waals surface area contributed by atoms with E-state index in [0.29, 0.717) is 18.0 Å². The molecule has 30 heavy (non-hydrogen) atoms. The molecule has 2 aliphatic rings. The average molecular weight is 405 g/mol. The fourth-order valence-electron chi connectivity index (χ4n) is 4.03. The van der Waals surface area contributed by atoms with Crippen LogP contribution in [0.4, 0.5) is 5.69 Å². The van der Waals surface area contributed by atoms with Crippen LogP contribution in [0.5, 0.6) is 5.75 Å². The summed E-state index contributed by atoms with van der Waals surface area (Å²) >= 11 is 0. The van der Waals surface area contributed by atoms with Gasteiger partial charge < -0.3 is 14.7 Å². The van der Waals surface area contributed by atoms with Gasteiger partial charge >= 0.3 is 0 Å². The molecule has 0 saturated heterocycles. The van der Waals surface area contributed by atoms with Crippen LogP contribution in [0.15, 0.2) is 59.9 Å². The lowest BCUT2D eigenvalue weighted by Crippen LogP contribution is -2.38. The fourth-order valence-corrected chi connectivity index (χ4v) is 4.03. The van der Waals surface area contributed by atoms with E-state index in [1.165, 1.54) is 0 Å². The molecule has 1 N–H and O–H groups in total. The summed E-state index contributed by atoms with van der Waals surface area (Å²) in [6.45, 7) is 2.10. The molecule has 0 spiro atoms. The highest BCUT2D eigenvalue weighted by Crippen LogP contribution is 2.39. The topological polar surface area (TPSA) is 83.9 Å². The van der Waals surface area contributed by atoms with E-state index >= 15 is 0 Å². The highest BCUT2D eigenvalue weighted by atomic mass is 16.5. The number of rotatable bonds is 4. The SMILES string of the molecule is CCC(O)=C1C(=O)CC(c2ccc3c(c2)N(Cc2ccccc2)C(=O)CO3)CC1=O.